The molecule has 0 atom stereocenters. The van der Waals surface area contributed by atoms with Crippen LogP contribution in [-0.2, 0) is 9.53 Å². The summed E-state index contributed by atoms with van der Waals surface area (Å²) in [6.45, 7) is 0.127. The molecule has 0 spiro atoms. The lowest BCUT2D eigenvalue weighted by Gasteiger charge is -2.12. The molecule has 2 heterocycles. The number of ether oxygens (including phenoxy) is 1. The highest BCUT2D eigenvalue weighted by Crippen LogP contribution is 2.22. The van der Waals surface area contributed by atoms with Crippen molar-refractivity contribution in [3.8, 4) is 16.9 Å². The van der Waals surface area contributed by atoms with Gasteiger partial charge in [0.1, 0.15) is 0 Å². The number of nitrogens with one attached hydrogen (secondary N) is 1. The Morgan fingerprint density at radius 2 is 1.72 bits per heavy atom. The van der Waals surface area contributed by atoms with E-state index < -0.39 is 24.5 Å². The molecule has 1 saturated heterocycles. The number of nitrogens with zero attached hydrogens (tertiary/aromatic N) is 3. The molecular formula is C21H18N4O4. The summed E-state index contributed by atoms with van der Waals surface area (Å²) in [5.74, 6) is -1.26. The molecule has 1 aromatic heterocycles. The van der Waals surface area contributed by atoms with Gasteiger partial charge in [0.25, 0.3) is 5.91 Å². The van der Waals surface area contributed by atoms with Crippen molar-refractivity contribution in [1.29, 1.82) is 0 Å². The highest BCUT2D eigenvalue weighted by molar-refractivity contribution is 5.98. The van der Waals surface area contributed by atoms with Crippen LogP contribution in [0.25, 0.3) is 16.9 Å². The normalized spacial score (nSPS) is 13.2. The number of para-hydroxylation sites is 1. The van der Waals surface area contributed by atoms with Crippen LogP contribution >= 0.6 is 0 Å². The number of carbonyl (C=O) groups excluding carboxylic acids is 3. The highest BCUT2D eigenvalue weighted by Gasteiger charge is 2.27. The molecule has 2 aromatic carbocycles. The molecule has 0 radical (unpaired) electrons. The molecule has 8 nitrogen and oxygen atoms in total. The summed E-state index contributed by atoms with van der Waals surface area (Å²) >= 11 is 0. The van der Waals surface area contributed by atoms with E-state index >= 15 is 0 Å². The number of hydrogen-bond donors (Lipinski definition) is 1. The van der Waals surface area contributed by atoms with Crippen molar-refractivity contribution in [2.24, 2.45) is 0 Å². The smallest absolute Gasteiger partial charge is 0.357 e. The molecular weight excluding hydrogens is 372 g/mol. The maximum Gasteiger partial charge on any atom is 0.357 e. The minimum atomic E-state index is -0.698. The summed E-state index contributed by atoms with van der Waals surface area (Å²) < 4.78 is 6.67. The number of aromatic nitrogens is 2. The summed E-state index contributed by atoms with van der Waals surface area (Å²) in [6.07, 6.45) is 0. The van der Waals surface area contributed by atoms with E-state index in [-0.39, 0.29) is 12.2 Å². The molecule has 4 rings (SSSR count). The van der Waals surface area contributed by atoms with Crippen molar-refractivity contribution < 1.29 is 19.1 Å². The third-order valence-electron chi connectivity index (χ3n) is 4.47. The van der Waals surface area contributed by atoms with E-state index in [0.29, 0.717) is 17.9 Å². The second kappa shape index (κ2) is 7.97. The van der Waals surface area contributed by atoms with Crippen molar-refractivity contribution >= 4 is 17.9 Å². The molecule has 0 bridgehead atoms. The van der Waals surface area contributed by atoms with E-state index in [2.05, 4.69) is 10.4 Å². The molecule has 29 heavy (non-hydrogen) atoms. The molecule has 1 aliphatic heterocycles. The Hall–Kier alpha value is -3.94. The van der Waals surface area contributed by atoms with E-state index in [1.807, 2.05) is 60.7 Å². The van der Waals surface area contributed by atoms with Gasteiger partial charge in [-0.15, -0.1) is 0 Å². The van der Waals surface area contributed by atoms with Gasteiger partial charge in [0, 0.05) is 18.7 Å². The van der Waals surface area contributed by atoms with Gasteiger partial charge in [0.15, 0.2) is 12.3 Å². The number of benzene rings is 2. The fourth-order valence-corrected chi connectivity index (χ4v) is 3.03. The van der Waals surface area contributed by atoms with Gasteiger partial charge in [-0.25, -0.2) is 14.3 Å². The topological polar surface area (TPSA) is 93.5 Å². The largest absolute Gasteiger partial charge is 0.451 e. The molecule has 3 amide bonds. The average molecular weight is 390 g/mol. The third kappa shape index (κ3) is 3.86. The fourth-order valence-electron chi connectivity index (χ4n) is 3.03. The molecule has 1 N–H and O–H groups in total. The van der Waals surface area contributed by atoms with Crippen molar-refractivity contribution in [2.75, 3.05) is 19.7 Å². The Morgan fingerprint density at radius 1 is 1.03 bits per heavy atom. The Labute approximate surface area is 166 Å². The Morgan fingerprint density at radius 3 is 2.38 bits per heavy atom. The summed E-state index contributed by atoms with van der Waals surface area (Å²) in [5.41, 5.74) is 2.33. The lowest BCUT2D eigenvalue weighted by atomic mass is 10.1. The van der Waals surface area contributed by atoms with Crippen LogP contribution in [0.3, 0.4) is 0 Å². The van der Waals surface area contributed by atoms with Crippen molar-refractivity contribution in [1.82, 2.24) is 20.0 Å². The van der Waals surface area contributed by atoms with Crippen LogP contribution in [0.2, 0.25) is 0 Å². The van der Waals surface area contributed by atoms with E-state index in [4.69, 9.17) is 4.74 Å². The van der Waals surface area contributed by atoms with E-state index in [1.54, 1.807) is 6.07 Å². The van der Waals surface area contributed by atoms with Crippen LogP contribution in [-0.4, -0.2) is 52.3 Å². The zero-order chi connectivity index (χ0) is 20.2. The molecule has 146 valence electrons. The van der Waals surface area contributed by atoms with Gasteiger partial charge in [0.2, 0.25) is 0 Å². The van der Waals surface area contributed by atoms with Gasteiger partial charge in [-0.05, 0) is 18.2 Å². The van der Waals surface area contributed by atoms with Crippen molar-refractivity contribution in [3.05, 3.63) is 72.4 Å². The zero-order valence-corrected chi connectivity index (χ0v) is 15.4. The Bertz CT molecular complexity index is 1050. The Balaban J connectivity index is 1.59. The number of imide groups is 1. The molecule has 0 unspecified atom stereocenters. The SMILES string of the molecule is O=C(OCC(=O)N1CCNC1=O)c1cc(-c2ccccc2)nn1-c1ccccc1. The first-order chi connectivity index (χ1) is 14.1. The van der Waals surface area contributed by atoms with Gasteiger partial charge in [-0.3, -0.25) is 9.69 Å². The quantitative estimate of drug-likeness (QED) is 0.675. The van der Waals surface area contributed by atoms with Crippen molar-refractivity contribution in [3.63, 3.8) is 0 Å². The summed E-state index contributed by atoms with van der Waals surface area (Å²) in [4.78, 5) is 37.5. The van der Waals surface area contributed by atoms with Crippen LogP contribution in [0.1, 0.15) is 10.5 Å². The zero-order valence-electron chi connectivity index (χ0n) is 15.4. The monoisotopic (exact) mass is 390 g/mol. The third-order valence-corrected chi connectivity index (χ3v) is 4.47. The van der Waals surface area contributed by atoms with Crippen LogP contribution in [0.15, 0.2) is 66.7 Å². The molecule has 1 aliphatic rings. The Kier molecular flexibility index (Phi) is 5.07. The van der Waals surface area contributed by atoms with E-state index in [9.17, 15) is 14.4 Å². The number of rotatable bonds is 5. The molecule has 0 saturated carbocycles. The lowest BCUT2D eigenvalue weighted by Crippen LogP contribution is -2.37. The predicted octanol–water partition coefficient (Wildman–Crippen LogP) is 2.25. The van der Waals surface area contributed by atoms with Crippen LogP contribution in [0, 0.1) is 0 Å². The van der Waals surface area contributed by atoms with Gasteiger partial charge in [0.05, 0.1) is 11.4 Å². The minimum absolute atomic E-state index is 0.189. The second-order valence-corrected chi connectivity index (χ2v) is 6.38. The second-order valence-electron chi connectivity index (χ2n) is 6.38. The molecule has 0 aliphatic carbocycles. The summed E-state index contributed by atoms with van der Waals surface area (Å²) in [7, 11) is 0. The van der Waals surface area contributed by atoms with Gasteiger partial charge in [-0.1, -0.05) is 48.5 Å². The minimum Gasteiger partial charge on any atom is -0.451 e. The number of esters is 1. The summed E-state index contributed by atoms with van der Waals surface area (Å²) in [6, 6.07) is 19.8. The standard InChI is InChI=1S/C21H18N4O4/c26-19(24-12-11-22-21(24)28)14-29-20(27)18-13-17(15-7-3-1-4-8-15)23-25(18)16-9-5-2-6-10-16/h1-10,13H,11-12,14H2,(H,22,28). The first kappa shape index (κ1) is 18.4. The van der Waals surface area contributed by atoms with Gasteiger partial charge in [-0.2, -0.15) is 5.10 Å². The van der Waals surface area contributed by atoms with E-state index in [1.165, 1.54) is 4.68 Å². The lowest BCUT2D eigenvalue weighted by molar-refractivity contribution is -0.130. The maximum atomic E-state index is 12.7. The molecule has 1 fully saturated rings. The van der Waals surface area contributed by atoms with Gasteiger partial charge < -0.3 is 10.1 Å². The molecule has 3 aromatic rings. The van der Waals surface area contributed by atoms with Crippen LogP contribution in [0.4, 0.5) is 4.79 Å². The number of urea groups is 1. The van der Waals surface area contributed by atoms with Gasteiger partial charge >= 0.3 is 12.0 Å². The molecule has 8 heteroatoms. The fraction of sp³-hybridized carbons (Fsp3) is 0.143. The van der Waals surface area contributed by atoms with Crippen LogP contribution < -0.4 is 5.32 Å². The first-order valence-corrected chi connectivity index (χ1v) is 9.10. The number of amides is 3. The van der Waals surface area contributed by atoms with Crippen LogP contribution in [0.5, 0.6) is 0 Å². The number of hydrogen-bond acceptors (Lipinski definition) is 5. The van der Waals surface area contributed by atoms with Crippen molar-refractivity contribution in [2.45, 2.75) is 0 Å². The van der Waals surface area contributed by atoms with E-state index in [0.717, 1.165) is 10.5 Å². The summed E-state index contributed by atoms with van der Waals surface area (Å²) in [5, 5.41) is 7.08. The number of carbonyl (C=O) groups is 3. The highest BCUT2D eigenvalue weighted by atomic mass is 16.5. The predicted molar refractivity (Wildman–Crippen MR) is 104 cm³/mol. The average Bonchev–Trinajstić information content (AvgIpc) is 3.40. The maximum absolute atomic E-state index is 12.7. The first-order valence-electron chi connectivity index (χ1n) is 9.10.